The zero-order valence-corrected chi connectivity index (χ0v) is 26.1. The van der Waals surface area contributed by atoms with E-state index in [4.69, 9.17) is 28.4 Å². The van der Waals surface area contributed by atoms with Crippen molar-refractivity contribution in [2.45, 2.75) is 78.7 Å². The Morgan fingerprint density at radius 3 is 1.09 bits per heavy atom. The molecule has 0 aromatic heterocycles. The molecule has 44 heavy (non-hydrogen) atoms. The number of carbonyl (C=O) groups is 6. The average molecular weight is 625 g/mol. The summed E-state index contributed by atoms with van der Waals surface area (Å²) in [4.78, 5) is 72.8. The molecule has 2 amide bonds. The van der Waals surface area contributed by atoms with Crippen LogP contribution in [0.4, 0.5) is 9.59 Å². The van der Waals surface area contributed by atoms with Gasteiger partial charge in [0.15, 0.2) is 12.2 Å². The van der Waals surface area contributed by atoms with Gasteiger partial charge in [-0.15, -0.1) is 0 Å². The third kappa shape index (κ3) is 18.0. The summed E-state index contributed by atoms with van der Waals surface area (Å²) in [5, 5.41) is 4.96. The van der Waals surface area contributed by atoms with Crippen LogP contribution < -0.4 is 10.6 Å². The van der Waals surface area contributed by atoms with Crippen LogP contribution in [0.2, 0.25) is 0 Å². The third-order valence-corrected chi connectivity index (χ3v) is 5.22. The number of rotatable bonds is 20. The van der Waals surface area contributed by atoms with Crippen LogP contribution in [-0.4, -0.2) is 80.9 Å². The summed E-state index contributed by atoms with van der Waals surface area (Å²) in [6.07, 6.45) is -3.01. The molecule has 2 N–H and O–H groups in total. The minimum absolute atomic E-state index is 0.105. The smallest absolute Gasteiger partial charge is 0.409 e. The fourth-order valence-electron chi connectivity index (χ4n) is 2.83. The van der Waals surface area contributed by atoms with Crippen molar-refractivity contribution in [2.24, 2.45) is 0 Å². The first-order valence-corrected chi connectivity index (χ1v) is 13.8. The number of ether oxygens (including phenoxy) is 6. The molecule has 0 fully saturated rings. The van der Waals surface area contributed by atoms with Crippen molar-refractivity contribution < 1.29 is 57.2 Å². The highest BCUT2D eigenvalue weighted by atomic mass is 16.6. The van der Waals surface area contributed by atoms with E-state index < -0.39 is 80.9 Å². The third-order valence-electron chi connectivity index (χ3n) is 5.22. The van der Waals surface area contributed by atoms with Gasteiger partial charge in [-0.05, 0) is 40.5 Å². The number of hydrogen-bond donors (Lipinski definition) is 2. The van der Waals surface area contributed by atoms with Crippen molar-refractivity contribution >= 4 is 36.1 Å². The highest BCUT2D eigenvalue weighted by Gasteiger charge is 2.25. The van der Waals surface area contributed by atoms with Gasteiger partial charge in [0.05, 0.1) is 0 Å². The Morgan fingerprint density at radius 1 is 0.545 bits per heavy atom. The summed E-state index contributed by atoms with van der Waals surface area (Å²) < 4.78 is 30.7. The Morgan fingerprint density at radius 2 is 0.841 bits per heavy atom. The first-order chi connectivity index (χ1) is 20.6. The van der Waals surface area contributed by atoms with Gasteiger partial charge in [0.25, 0.3) is 0 Å². The molecule has 0 aliphatic heterocycles. The molecule has 0 saturated heterocycles. The number of carbonyl (C=O) groups excluding carboxylic acids is 6. The number of unbranched alkanes of at least 4 members (excludes halogenated alkanes) is 2. The molecule has 0 heterocycles. The predicted octanol–water partition coefficient (Wildman–Crippen LogP) is 3.56. The fraction of sp³-hybridized carbons (Fsp3) is 0.533. The van der Waals surface area contributed by atoms with Crippen molar-refractivity contribution in [1.82, 2.24) is 10.6 Å². The van der Waals surface area contributed by atoms with Crippen LogP contribution in [-0.2, 0) is 47.6 Å². The summed E-state index contributed by atoms with van der Waals surface area (Å²) >= 11 is 0. The standard InChI is InChI=1S/C30H44N2O12/c1-10-11-12-13-24(31-29(37)43-22(14-39-25(33)18(2)3)15-40-26(34)19(4)5)32-30(38)44-23(16-41-27(35)20(6)7)17-42-28(36)21(8)9/h22-24H,2,4,6,8,10-17H2,1,3,5,7,9H3,(H,31,37)(H,32,38). The molecular weight excluding hydrogens is 580 g/mol. The topological polar surface area (TPSA) is 182 Å². The second kappa shape index (κ2) is 21.1. The molecule has 0 atom stereocenters. The van der Waals surface area contributed by atoms with Gasteiger partial charge in [-0.25, -0.2) is 28.8 Å². The first kappa shape index (κ1) is 39.4. The molecule has 14 nitrogen and oxygen atoms in total. The highest BCUT2D eigenvalue weighted by molar-refractivity contribution is 5.88. The van der Waals surface area contributed by atoms with Gasteiger partial charge in [-0.1, -0.05) is 46.1 Å². The minimum Gasteiger partial charge on any atom is -0.458 e. The lowest BCUT2D eigenvalue weighted by atomic mass is 10.2. The number of alkyl carbamates (subject to hydrolysis) is 2. The summed E-state index contributed by atoms with van der Waals surface area (Å²) in [6.45, 7) is 19.7. The molecule has 14 heteroatoms. The Kier molecular flexibility index (Phi) is 18.9. The summed E-state index contributed by atoms with van der Waals surface area (Å²) in [6, 6.07) is 0. The fourth-order valence-corrected chi connectivity index (χ4v) is 2.83. The van der Waals surface area contributed by atoms with E-state index in [0.717, 1.165) is 12.8 Å². The lowest BCUT2D eigenvalue weighted by Crippen LogP contribution is -2.50. The molecule has 0 radical (unpaired) electrons. The van der Waals surface area contributed by atoms with Crippen molar-refractivity contribution in [3.63, 3.8) is 0 Å². The monoisotopic (exact) mass is 624 g/mol. The Bertz CT molecular complexity index is 958. The van der Waals surface area contributed by atoms with E-state index in [-0.39, 0.29) is 28.7 Å². The van der Waals surface area contributed by atoms with E-state index in [9.17, 15) is 28.8 Å². The van der Waals surface area contributed by atoms with E-state index in [1.165, 1.54) is 27.7 Å². The highest BCUT2D eigenvalue weighted by Crippen LogP contribution is 2.07. The van der Waals surface area contributed by atoms with E-state index >= 15 is 0 Å². The predicted molar refractivity (Wildman–Crippen MR) is 158 cm³/mol. The first-order valence-electron chi connectivity index (χ1n) is 13.8. The minimum atomic E-state index is -1.21. The van der Waals surface area contributed by atoms with Crippen LogP contribution >= 0.6 is 0 Å². The molecular formula is C30H44N2O12. The van der Waals surface area contributed by atoms with E-state index in [2.05, 4.69) is 36.9 Å². The SMILES string of the molecule is C=C(C)C(=O)OCC(COC(=O)C(=C)C)OC(=O)NC(CCCCC)NC(=O)OC(COC(=O)C(=C)C)COC(=O)C(=C)C. The van der Waals surface area contributed by atoms with Gasteiger partial charge in [0.1, 0.15) is 32.6 Å². The van der Waals surface area contributed by atoms with Crippen LogP contribution in [0.3, 0.4) is 0 Å². The largest absolute Gasteiger partial charge is 0.458 e. The summed E-state index contributed by atoms with van der Waals surface area (Å²) in [5.41, 5.74) is 0.418. The molecule has 0 unspecified atom stereocenters. The van der Waals surface area contributed by atoms with Crippen molar-refractivity contribution in [3.8, 4) is 0 Å². The number of esters is 4. The van der Waals surface area contributed by atoms with Crippen LogP contribution in [0.25, 0.3) is 0 Å². The number of nitrogens with one attached hydrogen (secondary N) is 2. The van der Waals surface area contributed by atoms with E-state index in [1.54, 1.807) is 0 Å². The molecule has 0 rings (SSSR count). The van der Waals surface area contributed by atoms with E-state index in [1.807, 2.05) is 6.92 Å². The van der Waals surface area contributed by atoms with Gasteiger partial charge in [0.2, 0.25) is 0 Å². The Hall–Kier alpha value is -4.62. The lowest BCUT2D eigenvalue weighted by molar-refractivity contribution is -0.149. The van der Waals surface area contributed by atoms with Crippen molar-refractivity contribution in [1.29, 1.82) is 0 Å². The molecule has 0 aromatic rings. The maximum absolute atomic E-state index is 12.8. The number of hydrogen-bond acceptors (Lipinski definition) is 12. The quantitative estimate of drug-likeness (QED) is 0.0662. The van der Waals surface area contributed by atoms with E-state index in [0.29, 0.717) is 6.42 Å². The zero-order chi connectivity index (χ0) is 33.8. The molecule has 0 spiro atoms. The molecule has 0 aliphatic rings. The van der Waals surface area contributed by atoms with Gasteiger partial charge < -0.3 is 39.1 Å². The van der Waals surface area contributed by atoms with Crippen LogP contribution in [0.5, 0.6) is 0 Å². The van der Waals surface area contributed by atoms with Gasteiger partial charge in [-0.2, -0.15) is 0 Å². The zero-order valence-electron chi connectivity index (χ0n) is 26.1. The van der Waals surface area contributed by atoms with Crippen molar-refractivity contribution in [3.05, 3.63) is 48.6 Å². The van der Waals surface area contributed by atoms with Crippen LogP contribution in [0, 0.1) is 0 Å². The Balaban J connectivity index is 5.54. The van der Waals surface area contributed by atoms with Crippen LogP contribution in [0.1, 0.15) is 60.3 Å². The maximum Gasteiger partial charge on any atom is 0.409 e. The molecule has 0 saturated carbocycles. The normalized spacial score (nSPS) is 10.4. The molecule has 0 aromatic carbocycles. The van der Waals surface area contributed by atoms with Gasteiger partial charge in [0, 0.05) is 22.3 Å². The second-order valence-electron chi connectivity index (χ2n) is 9.91. The van der Waals surface area contributed by atoms with Gasteiger partial charge in [-0.3, -0.25) is 0 Å². The van der Waals surface area contributed by atoms with Gasteiger partial charge >= 0.3 is 36.1 Å². The average Bonchev–Trinajstić information content (AvgIpc) is 2.94. The molecule has 246 valence electrons. The van der Waals surface area contributed by atoms with Crippen LogP contribution in [0.15, 0.2) is 48.6 Å². The second-order valence-corrected chi connectivity index (χ2v) is 9.91. The lowest BCUT2D eigenvalue weighted by Gasteiger charge is -2.24. The molecule has 0 aliphatic carbocycles. The Labute approximate surface area is 257 Å². The molecule has 0 bridgehead atoms. The number of amides is 2. The summed E-state index contributed by atoms with van der Waals surface area (Å²) in [7, 11) is 0. The van der Waals surface area contributed by atoms with Crippen molar-refractivity contribution in [2.75, 3.05) is 26.4 Å². The summed E-state index contributed by atoms with van der Waals surface area (Å²) in [5.74, 6) is -2.98. The maximum atomic E-state index is 12.8.